The fraction of sp³-hybridized carbons (Fsp3) is 0.208. The zero-order valence-corrected chi connectivity index (χ0v) is 18.6. The molecule has 1 atom stereocenters. The fourth-order valence-corrected chi connectivity index (χ4v) is 3.80. The van der Waals surface area contributed by atoms with E-state index >= 15 is 0 Å². The van der Waals surface area contributed by atoms with Gasteiger partial charge in [0.25, 0.3) is 0 Å². The Bertz CT molecular complexity index is 1060. The molecule has 0 bridgehead atoms. The monoisotopic (exact) mass is 435 g/mol. The second-order valence-corrected chi connectivity index (χ2v) is 7.82. The minimum absolute atomic E-state index is 0.103. The van der Waals surface area contributed by atoms with Crippen molar-refractivity contribution >= 4 is 52.3 Å². The van der Waals surface area contributed by atoms with Gasteiger partial charge in [-0.25, -0.2) is 0 Å². The number of nitrogens with zero attached hydrogens (tertiary/aromatic N) is 2. The van der Waals surface area contributed by atoms with Crippen molar-refractivity contribution in [1.82, 2.24) is 5.32 Å². The Balaban J connectivity index is 2.25. The second-order valence-electron chi connectivity index (χ2n) is 7.38. The van der Waals surface area contributed by atoms with Gasteiger partial charge in [0.1, 0.15) is 11.7 Å². The molecule has 0 radical (unpaired) electrons. The summed E-state index contributed by atoms with van der Waals surface area (Å²) in [5.74, 6) is 0.564. The first-order valence-electron chi connectivity index (χ1n) is 10.0. The van der Waals surface area contributed by atoms with E-state index in [1.165, 1.54) is 0 Å². The summed E-state index contributed by atoms with van der Waals surface area (Å²) in [5.41, 5.74) is 4.35. The van der Waals surface area contributed by atoms with Gasteiger partial charge in [0, 0.05) is 29.4 Å². The van der Waals surface area contributed by atoms with Gasteiger partial charge in [0.2, 0.25) is 6.41 Å². The Morgan fingerprint density at radius 1 is 1.19 bits per heavy atom. The van der Waals surface area contributed by atoms with Crippen LogP contribution in [0, 0.1) is 16.7 Å². The summed E-state index contributed by atoms with van der Waals surface area (Å²) in [5, 5.41) is 20.3. The summed E-state index contributed by atoms with van der Waals surface area (Å²) in [6.45, 7) is 6.18. The number of carbonyl (C=O) groups is 1. The van der Waals surface area contributed by atoms with Crippen LogP contribution in [0.2, 0.25) is 5.02 Å². The molecular weight excluding hydrogens is 410 g/mol. The van der Waals surface area contributed by atoms with Gasteiger partial charge in [-0.1, -0.05) is 36.7 Å². The molecule has 3 rings (SSSR count). The van der Waals surface area contributed by atoms with E-state index < -0.39 is 0 Å². The van der Waals surface area contributed by atoms with Crippen molar-refractivity contribution in [2.24, 2.45) is 5.92 Å². The quantitative estimate of drug-likeness (QED) is 0.248. The molecule has 0 aromatic heterocycles. The number of amides is 1. The van der Waals surface area contributed by atoms with E-state index in [-0.39, 0.29) is 11.8 Å². The molecule has 0 saturated heterocycles. The molecule has 3 N–H and O–H groups in total. The van der Waals surface area contributed by atoms with Crippen molar-refractivity contribution in [3.05, 3.63) is 71.4 Å². The maximum Gasteiger partial charge on any atom is 0.211 e. The number of carbonyl (C=O) groups excluding carboxylic acids is 1. The Morgan fingerprint density at radius 3 is 2.52 bits per heavy atom. The van der Waals surface area contributed by atoms with E-state index in [9.17, 15) is 4.79 Å². The molecule has 1 aliphatic rings. The maximum atomic E-state index is 10.8. The first-order chi connectivity index (χ1) is 14.9. The largest absolute Gasteiger partial charge is 0.339 e. The van der Waals surface area contributed by atoms with E-state index in [0.29, 0.717) is 23.8 Å². The molecule has 1 aliphatic heterocycles. The van der Waals surface area contributed by atoms with Gasteiger partial charge < -0.3 is 10.2 Å². The Labute approximate surface area is 187 Å². The lowest BCUT2D eigenvalue weighted by Gasteiger charge is -2.28. The molecule has 0 unspecified atom stereocenters. The SMILES string of the molecule is C/C=C\C(=C/NC=O)c1ccc2c(c1)N(c1ccc(Cl)cc1)C[C@@H](C)C(=N)N2C(C)=N. The zero-order valence-electron chi connectivity index (χ0n) is 17.8. The topological polar surface area (TPSA) is 83.3 Å². The summed E-state index contributed by atoms with van der Waals surface area (Å²) < 4.78 is 0. The first-order valence-corrected chi connectivity index (χ1v) is 10.4. The summed E-state index contributed by atoms with van der Waals surface area (Å²) in [4.78, 5) is 14.7. The highest BCUT2D eigenvalue weighted by atomic mass is 35.5. The van der Waals surface area contributed by atoms with Crippen LogP contribution in [0.15, 0.2) is 60.8 Å². The van der Waals surface area contributed by atoms with Crippen molar-refractivity contribution in [2.75, 3.05) is 16.3 Å². The molecule has 0 spiro atoms. The minimum Gasteiger partial charge on any atom is -0.339 e. The van der Waals surface area contributed by atoms with Crippen LogP contribution in [0.3, 0.4) is 0 Å². The van der Waals surface area contributed by atoms with Gasteiger partial charge in [-0.3, -0.25) is 20.5 Å². The molecule has 1 heterocycles. The van der Waals surface area contributed by atoms with Crippen LogP contribution in [-0.2, 0) is 4.79 Å². The molecule has 160 valence electrons. The lowest BCUT2D eigenvalue weighted by molar-refractivity contribution is -0.108. The molecule has 0 fully saturated rings. The Hall–Kier alpha value is -3.38. The number of fused-ring (bicyclic) bond motifs is 1. The average molecular weight is 436 g/mol. The van der Waals surface area contributed by atoms with Crippen molar-refractivity contribution < 1.29 is 4.79 Å². The summed E-state index contributed by atoms with van der Waals surface area (Å²) in [6, 6.07) is 13.5. The number of hydrogen-bond donors (Lipinski definition) is 3. The second kappa shape index (κ2) is 9.62. The molecule has 2 aromatic carbocycles. The van der Waals surface area contributed by atoms with E-state index in [1.807, 2.05) is 68.5 Å². The van der Waals surface area contributed by atoms with Crippen molar-refractivity contribution in [3.63, 3.8) is 0 Å². The maximum absolute atomic E-state index is 10.8. The van der Waals surface area contributed by atoms with Crippen LogP contribution in [0.5, 0.6) is 0 Å². The van der Waals surface area contributed by atoms with E-state index in [0.717, 1.165) is 28.2 Å². The molecule has 2 aromatic rings. The van der Waals surface area contributed by atoms with Crippen molar-refractivity contribution in [2.45, 2.75) is 20.8 Å². The predicted octanol–water partition coefficient (Wildman–Crippen LogP) is 5.57. The number of anilines is 3. The van der Waals surface area contributed by atoms with Gasteiger partial charge >= 0.3 is 0 Å². The van der Waals surface area contributed by atoms with Gasteiger partial charge in [-0.15, -0.1) is 0 Å². The predicted molar refractivity (Wildman–Crippen MR) is 130 cm³/mol. The van der Waals surface area contributed by atoms with Crippen LogP contribution < -0.4 is 15.1 Å². The first kappa shape index (κ1) is 22.3. The standard InChI is InChI=1S/C24H26ClN5O/c1-4-5-19(13-28-15-31)18-6-11-22-23(12-18)29(21-9-7-20(25)8-10-21)14-16(2)24(27)30(22)17(3)26/h4-13,15-16,26-27H,14H2,1-3H3,(H,28,31)/b5-4-,19-13+,26-17?,27-24?/t16-/m1/s1. The number of nitrogens with one attached hydrogen (secondary N) is 3. The third kappa shape index (κ3) is 4.70. The molecule has 0 saturated carbocycles. The highest BCUT2D eigenvalue weighted by Gasteiger charge is 2.31. The molecule has 31 heavy (non-hydrogen) atoms. The minimum atomic E-state index is -0.103. The van der Waals surface area contributed by atoms with Gasteiger partial charge in [0.15, 0.2) is 0 Å². The molecule has 1 amide bonds. The normalized spacial score (nSPS) is 16.8. The van der Waals surface area contributed by atoms with Gasteiger partial charge in [0.05, 0.1) is 11.4 Å². The number of benzene rings is 2. The van der Waals surface area contributed by atoms with E-state index in [1.54, 1.807) is 18.0 Å². The third-order valence-corrected chi connectivity index (χ3v) is 5.38. The highest BCUT2D eigenvalue weighted by Crippen LogP contribution is 2.40. The third-order valence-electron chi connectivity index (χ3n) is 5.13. The van der Waals surface area contributed by atoms with Gasteiger partial charge in [-0.2, -0.15) is 0 Å². The smallest absolute Gasteiger partial charge is 0.211 e. The van der Waals surface area contributed by atoms with Crippen LogP contribution >= 0.6 is 11.6 Å². The number of hydrogen-bond acceptors (Lipinski definition) is 4. The highest BCUT2D eigenvalue weighted by molar-refractivity contribution is 6.30. The van der Waals surface area contributed by atoms with Crippen LogP contribution in [0.4, 0.5) is 17.1 Å². The number of allylic oxidation sites excluding steroid dienone is 3. The summed E-state index contributed by atoms with van der Waals surface area (Å²) >= 11 is 6.11. The van der Waals surface area contributed by atoms with E-state index in [2.05, 4.69) is 10.2 Å². The summed E-state index contributed by atoms with van der Waals surface area (Å²) in [6.07, 6.45) is 6.12. The van der Waals surface area contributed by atoms with Crippen LogP contribution in [0.25, 0.3) is 5.57 Å². The van der Waals surface area contributed by atoms with Crippen LogP contribution in [-0.4, -0.2) is 24.6 Å². The Kier molecular flexibility index (Phi) is 6.92. The molecule has 0 aliphatic carbocycles. The molecule has 7 heteroatoms. The van der Waals surface area contributed by atoms with Gasteiger partial charge in [-0.05, 0) is 61.4 Å². The van der Waals surface area contributed by atoms with Crippen molar-refractivity contribution in [1.29, 1.82) is 10.8 Å². The lowest BCUT2D eigenvalue weighted by Crippen LogP contribution is -2.38. The lowest BCUT2D eigenvalue weighted by atomic mass is 10.0. The van der Waals surface area contributed by atoms with Crippen LogP contribution in [0.1, 0.15) is 26.3 Å². The average Bonchev–Trinajstić information content (AvgIpc) is 2.86. The number of rotatable bonds is 5. The van der Waals surface area contributed by atoms with E-state index in [4.69, 9.17) is 22.4 Å². The number of halogens is 1. The summed E-state index contributed by atoms with van der Waals surface area (Å²) in [7, 11) is 0. The fourth-order valence-electron chi connectivity index (χ4n) is 3.68. The van der Waals surface area contributed by atoms with Crippen molar-refractivity contribution in [3.8, 4) is 0 Å². The molecule has 6 nitrogen and oxygen atoms in total. The Morgan fingerprint density at radius 2 is 1.90 bits per heavy atom. The number of amidine groups is 2. The zero-order chi connectivity index (χ0) is 22.5. The molecular formula is C24H26ClN5O.